The number of aryl methyl sites for hydroxylation is 1. The van der Waals surface area contributed by atoms with E-state index in [1.165, 1.54) is 22.0 Å². The predicted octanol–water partition coefficient (Wildman–Crippen LogP) is 3.12. The summed E-state index contributed by atoms with van der Waals surface area (Å²) in [7, 11) is 4.30. The first-order chi connectivity index (χ1) is 12.5. The minimum Gasteiger partial charge on any atom is -0.396 e. The highest BCUT2D eigenvalue weighted by Gasteiger charge is 2.41. The number of hydrogen-bond acceptors (Lipinski definition) is 3. The SMILES string of the molecule is CC[C@@H](CO)CC(=O)[C@@H]1CC2c3cccc4c3c(cn4C)C[C@H]2N(C)C1. The molecule has 26 heavy (non-hydrogen) atoms. The van der Waals surface area contributed by atoms with Crippen molar-refractivity contribution in [1.29, 1.82) is 0 Å². The molecule has 1 aliphatic heterocycles. The Morgan fingerprint density at radius 3 is 2.88 bits per heavy atom. The molecule has 0 spiro atoms. The summed E-state index contributed by atoms with van der Waals surface area (Å²) < 4.78 is 2.24. The molecule has 1 aromatic heterocycles. The third-order valence-corrected chi connectivity index (χ3v) is 6.81. The number of likely N-dealkylation sites (tertiary alicyclic amines) is 1. The Balaban J connectivity index is 1.64. The monoisotopic (exact) mass is 354 g/mol. The summed E-state index contributed by atoms with van der Waals surface area (Å²) in [5.74, 6) is 0.959. The number of carbonyl (C=O) groups excluding carboxylic acids is 1. The molecule has 2 aromatic rings. The van der Waals surface area contributed by atoms with Gasteiger partial charge in [0.15, 0.2) is 0 Å². The maximum absolute atomic E-state index is 12.9. The number of likely N-dealkylation sites (N-methyl/N-ethyl adjacent to an activating group) is 1. The van der Waals surface area contributed by atoms with Gasteiger partial charge in [-0.3, -0.25) is 4.79 Å². The van der Waals surface area contributed by atoms with Crippen molar-refractivity contribution in [3.63, 3.8) is 0 Å². The van der Waals surface area contributed by atoms with Crippen molar-refractivity contribution in [2.45, 2.75) is 44.6 Å². The number of ketones is 1. The molecule has 0 radical (unpaired) electrons. The van der Waals surface area contributed by atoms with Crippen LogP contribution < -0.4 is 0 Å². The van der Waals surface area contributed by atoms with Gasteiger partial charge < -0.3 is 14.6 Å². The number of aliphatic hydroxyl groups is 1. The van der Waals surface area contributed by atoms with Gasteiger partial charge in [0.2, 0.25) is 0 Å². The topological polar surface area (TPSA) is 45.5 Å². The van der Waals surface area contributed by atoms with E-state index in [-0.39, 0.29) is 18.4 Å². The Labute approximate surface area is 155 Å². The third kappa shape index (κ3) is 2.80. The molecule has 4 nitrogen and oxygen atoms in total. The smallest absolute Gasteiger partial charge is 0.137 e. The predicted molar refractivity (Wildman–Crippen MR) is 104 cm³/mol. The molecule has 1 unspecified atom stereocenters. The summed E-state index contributed by atoms with van der Waals surface area (Å²) in [4.78, 5) is 15.3. The third-order valence-electron chi connectivity index (χ3n) is 6.81. The van der Waals surface area contributed by atoms with E-state index in [2.05, 4.69) is 54.9 Å². The van der Waals surface area contributed by atoms with Crippen molar-refractivity contribution in [2.24, 2.45) is 18.9 Å². The maximum Gasteiger partial charge on any atom is 0.137 e. The van der Waals surface area contributed by atoms with Gasteiger partial charge in [0.1, 0.15) is 5.78 Å². The second kappa shape index (κ2) is 6.82. The highest BCUT2D eigenvalue weighted by molar-refractivity contribution is 5.89. The van der Waals surface area contributed by atoms with Crippen LogP contribution in [0.1, 0.15) is 43.2 Å². The summed E-state index contributed by atoms with van der Waals surface area (Å²) >= 11 is 0. The van der Waals surface area contributed by atoms with Gasteiger partial charge in [0.05, 0.1) is 0 Å². The molecule has 1 N–H and O–H groups in total. The van der Waals surface area contributed by atoms with Gasteiger partial charge in [-0.25, -0.2) is 0 Å². The molecule has 0 saturated carbocycles. The number of Topliss-reactive ketones (excluding diaryl/α,β-unsaturated/α-hetero) is 1. The fraction of sp³-hybridized carbons (Fsp3) is 0.591. The zero-order valence-corrected chi connectivity index (χ0v) is 16.1. The lowest BCUT2D eigenvalue weighted by atomic mass is 9.71. The molecular formula is C22H30N2O2. The van der Waals surface area contributed by atoms with Gasteiger partial charge >= 0.3 is 0 Å². The number of hydrogen-bond donors (Lipinski definition) is 1. The number of piperidine rings is 1. The van der Waals surface area contributed by atoms with Gasteiger partial charge in [-0.15, -0.1) is 0 Å². The molecule has 2 aliphatic rings. The number of carbonyl (C=O) groups is 1. The zero-order valence-electron chi connectivity index (χ0n) is 16.1. The molecule has 0 bridgehead atoms. The van der Waals surface area contributed by atoms with E-state index in [0.29, 0.717) is 24.2 Å². The van der Waals surface area contributed by atoms with E-state index < -0.39 is 0 Å². The molecule has 1 fully saturated rings. The molecule has 2 heterocycles. The summed E-state index contributed by atoms with van der Waals surface area (Å²) in [5.41, 5.74) is 4.17. The fourth-order valence-corrected chi connectivity index (χ4v) is 5.24. The minimum absolute atomic E-state index is 0.0855. The van der Waals surface area contributed by atoms with E-state index in [9.17, 15) is 9.90 Å². The average Bonchev–Trinajstić information content (AvgIpc) is 2.97. The molecule has 1 saturated heterocycles. The fourth-order valence-electron chi connectivity index (χ4n) is 5.24. The van der Waals surface area contributed by atoms with Gasteiger partial charge in [-0.05, 0) is 43.0 Å². The van der Waals surface area contributed by atoms with Gasteiger partial charge in [0.25, 0.3) is 0 Å². The van der Waals surface area contributed by atoms with E-state index in [1.54, 1.807) is 0 Å². The lowest BCUT2D eigenvalue weighted by Crippen LogP contribution is -2.49. The van der Waals surface area contributed by atoms with Crippen molar-refractivity contribution in [3.8, 4) is 0 Å². The van der Waals surface area contributed by atoms with E-state index in [0.717, 1.165) is 25.8 Å². The highest BCUT2D eigenvalue weighted by atomic mass is 16.3. The van der Waals surface area contributed by atoms with E-state index in [4.69, 9.17) is 0 Å². The minimum atomic E-state index is 0.0855. The lowest BCUT2D eigenvalue weighted by Gasteiger charge is -2.45. The van der Waals surface area contributed by atoms with Crippen LogP contribution in [0.3, 0.4) is 0 Å². The zero-order chi connectivity index (χ0) is 18.4. The molecule has 1 aromatic carbocycles. The van der Waals surface area contributed by atoms with Crippen molar-refractivity contribution in [2.75, 3.05) is 20.2 Å². The Hall–Kier alpha value is -1.65. The molecule has 4 rings (SSSR count). The number of aromatic nitrogens is 1. The number of rotatable bonds is 5. The van der Waals surface area contributed by atoms with Crippen LogP contribution in [0.25, 0.3) is 10.9 Å². The van der Waals surface area contributed by atoms with Crippen LogP contribution in [-0.4, -0.2) is 46.6 Å². The van der Waals surface area contributed by atoms with Crippen LogP contribution >= 0.6 is 0 Å². The number of fused-ring (bicyclic) bond motifs is 2. The first kappa shape index (κ1) is 17.7. The quantitative estimate of drug-likeness (QED) is 0.897. The van der Waals surface area contributed by atoms with Crippen LogP contribution in [0.2, 0.25) is 0 Å². The van der Waals surface area contributed by atoms with Crippen molar-refractivity contribution in [3.05, 3.63) is 35.5 Å². The lowest BCUT2D eigenvalue weighted by molar-refractivity contribution is -0.126. The summed E-state index contributed by atoms with van der Waals surface area (Å²) in [5, 5.41) is 10.9. The summed E-state index contributed by atoms with van der Waals surface area (Å²) in [6, 6.07) is 7.12. The Morgan fingerprint density at radius 2 is 2.15 bits per heavy atom. The van der Waals surface area contributed by atoms with Crippen molar-refractivity contribution < 1.29 is 9.90 Å². The van der Waals surface area contributed by atoms with Gasteiger partial charge in [-0.2, -0.15) is 0 Å². The highest BCUT2D eigenvalue weighted by Crippen LogP contribution is 2.45. The first-order valence-electron chi connectivity index (χ1n) is 9.94. The number of nitrogens with zero attached hydrogens (tertiary/aromatic N) is 2. The molecule has 4 atom stereocenters. The Morgan fingerprint density at radius 1 is 1.35 bits per heavy atom. The largest absolute Gasteiger partial charge is 0.396 e. The second-order valence-electron chi connectivity index (χ2n) is 8.38. The van der Waals surface area contributed by atoms with E-state index >= 15 is 0 Å². The average molecular weight is 354 g/mol. The Kier molecular flexibility index (Phi) is 4.66. The van der Waals surface area contributed by atoms with Gasteiger partial charge in [0, 0.05) is 61.6 Å². The Bertz CT molecular complexity index is 821. The van der Waals surface area contributed by atoms with Crippen molar-refractivity contribution >= 4 is 16.7 Å². The van der Waals surface area contributed by atoms with E-state index in [1.807, 2.05) is 0 Å². The summed E-state index contributed by atoms with van der Waals surface area (Å²) in [6.07, 6.45) is 5.68. The van der Waals surface area contributed by atoms with Crippen LogP contribution in [0.5, 0.6) is 0 Å². The van der Waals surface area contributed by atoms with Gasteiger partial charge in [-0.1, -0.05) is 25.5 Å². The van der Waals surface area contributed by atoms with Crippen molar-refractivity contribution in [1.82, 2.24) is 9.47 Å². The van der Waals surface area contributed by atoms with Crippen LogP contribution in [-0.2, 0) is 18.3 Å². The second-order valence-corrected chi connectivity index (χ2v) is 8.38. The summed E-state index contributed by atoms with van der Waals surface area (Å²) in [6.45, 7) is 3.01. The normalized spacial score (nSPS) is 26.7. The first-order valence-corrected chi connectivity index (χ1v) is 9.94. The molecule has 0 amide bonds. The molecule has 1 aliphatic carbocycles. The molecular weight excluding hydrogens is 324 g/mol. The maximum atomic E-state index is 12.9. The van der Waals surface area contributed by atoms with Crippen LogP contribution in [0.15, 0.2) is 24.4 Å². The number of benzene rings is 1. The standard InChI is InChI=1S/C22H30N2O2/c1-4-14(13-25)8-21(26)15-9-18-17-6-5-7-19-22(17)16(12-23(19)2)10-20(18)24(3)11-15/h5-7,12,14-15,18,20,25H,4,8-11,13H2,1-3H3/t14-,15-,18?,20-/m1/s1. The molecule has 140 valence electrons. The number of aliphatic hydroxyl groups excluding tert-OH is 1. The molecule has 4 heteroatoms. The van der Waals surface area contributed by atoms with Crippen LogP contribution in [0.4, 0.5) is 0 Å². The van der Waals surface area contributed by atoms with Crippen LogP contribution in [0, 0.1) is 11.8 Å².